The molecule has 0 aromatic heterocycles. The first-order chi connectivity index (χ1) is 23.3. The summed E-state index contributed by atoms with van der Waals surface area (Å²) in [6.07, 6.45) is 16.6. The Morgan fingerprint density at radius 2 is 1.63 bits per heavy atom. The van der Waals surface area contributed by atoms with Crippen LogP contribution in [0.2, 0.25) is 0 Å². The van der Waals surface area contributed by atoms with Gasteiger partial charge in [0.15, 0.2) is 0 Å². The van der Waals surface area contributed by atoms with Gasteiger partial charge in [0, 0.05) is 40.9 Å². The maximum Gasteiger partial charge on any atom is 0.337 e. The molecule has 49 heavy (non-hydrogen) atoms. The van der Waals surface area contributed by atoms with E-state index in [0.29, 0.717) is 52.7 Å². The summed E-state index contributed by atoms with van der Waals surface area (Å²) >= 11 is 0. The molecule has 5 fully saturated rings. The van der Waals surface area contributed by atoms with Crippen LogP contribution in [0, 0.1) is 45.8 Å². The van der Waals surface area contributed by atoms with Crippen molar-refractivity contribution in [2.24, 2.45) is 45.8 Å². The van der Waals surface area contributed by atoms with E-state index >= 15 is 0 Å². The van der Waals surface area contributed by atoms with E-state index < -0.39 is 10.8 Å². The summed E-state index contributed by atoms with van der Waals surface area (Å²) in [6.45, 7) is 17.5. The van der Waals surface area contributed by atoms with Gasteiger partial charge in [0.25, 0.3) is 0 Å². The third-order valence-electron chi connectivity index (χ3n) is 14.7. The van der Waals surface area contributed by atoms with Crippen molar-refractivity contribution in [3.05, 3.63) is 54.1 Å². The lowest BCUT2D eigenvalue weighted by Gasteiger charge is -2.68. The molecule has 1 heterocycles. The quantitative estimate of drug-likeness (QED) is 0.250. The van der Waals surface area contributed by atoms with Crippen LogP contribution in [0.1, 0.15) is 115 Å². The SMILES string of the molecule is C=CC.COC(=O)c1ccc(C2=CCC3(C)C(CCC4(C)C5CCC6(NC(=O)CN7CCS(=O)CC7)CCCC6C5CCC43)C2(C)C)cc1. The number of benzene rings is 1. The average molecular weight is 691 g/mol. The monoisotopic (exact) mass is 690 g/mol. The van der Waals surface area contributed by atoms with E-state index in [1.165, 1.54) is 63.2 Å². The minimum Gasteiger partial charge on any atom is -0.465 e. The van der Waals surface area contributed by atoms with E-state index in [-0.39, 0.29) is 28.2 Å². The van der Waals surface area contributed by atoms with Gasteiger partial charge in [-0.05, 0) is 134 Å². The van der Waals surface area contributed by atoms with E-state index in [4.69, 9.17) is 4.74 Å². The van der Waals surface area contributed by atoms with Crippen molar-refractivity contribution in [1.29, 1.82) is 0 Å². The fourth-order valence-corrected chi connectivity index (χ4v) is 13.9. The van der Waals surface area contributed by atoms with Crippen LogP contribution in [-0.2, 0) is 20.3 Å². The number of allylic oxidation sites excluding steroid dienone is 3. The van der Waals surface area contributed by atoms with Gasteiger partial charge in [-0.1, -0.05) is 58.4 Å². The normalized spacial score (nSPS) is 38.2. The van der Waals surface area contributed by atoms with Gasteiger partial charge in [0.2, 0.25) is 5.91 Å². The fourth-order valence-electron chi connectivity index (χ4n) is 12.8. The van der Waals surface area contributed by atoms with E-state index in [0.717, 1.165) is 38.3 Å². The molecule has 5 aliphatic carbocycles. The van der Waals surface area contributed by atoms with Crippen LogP contribution in [0.15, 0.2) is 43.0 Å². The first-order valence-electron chi connectivity index (χ1n) is 19.2. The van der Waals surface area contributed by atoms with Crippen molar-refractivity contribution in [2.75, 3.05) is 38.2 Å². The zero-order chi connectivity index (χ0) is 35.2. The minimum absolute atomic E-state index is 0.0188. The van der Waals surface area contributed by atoms with Gasteiger partial charge in [0.1, 0.15) is 0 Å². The predicted molar refractivity (Wildman–Crippen MR) is 200 cm³/mol. The molecule has 1 N–H and O–H groups in total. The van der Waals surface area contributed by atoms with Crippen molar-refractivity contribution in [2.45, 2.75) is 104 Å². The molecule has 7 rings (SSSR count). The third kappa shape index (κ3) is 6.42. The van der Waals surface area contributed by atoms with Crippen LogP contribution in [0.3, 0.4) is 0 Å². The smallest absolute Gasteiger partial charge is 0.337 e. The number of rotatable bonds is 5. The number of carbonyl (C=O) groups excluding carboxylic acids is 2. The topological polar surface area (TPSA) is 75.7 Å². The highest BCUT2D eigenvalue weighted by Crippen LogP contribution is 2.72. The molecule has 0 bridgehead atoms. The molecule has 1 aromatic carbocycles. The molecule has 8 atom stereocenters. The van der Waals surface area contributed by atoms with Gasteiger partial charge in [-0.2, -0.15) is 0 Å². The summed E-state index contributed by atoms with van der Waals surface area (Å²) in [5, 5.41) is 3.68. The molecule has 0 spiro atoms. The number of carbonyl (C=O) groups is 2. The molecular formula is C42H62N2O4S. The molecule has 1 amide bonds. The Morgan fingerprint density at radius 3 is 2.31 bits per heavy atom. The Morgan fingerprint density at radius 1 is 0.939 bits per heavy atom. The molecule has 8 unspecified atom stereocenters. The summed E-state index contributed by atoms with van der Waals surface area (Å²) in [5.74, 6) is 4.70. The van der Waals surface area contributed by atoms with Gasteiger partial charge >= 0.3 is 5.97 Å². The number of nitrogens with zero attached hydrogens (tertiary/aromatic N) is 1. The largest absolute Gasteiger partial charge is 0.465 e. The van der Waals surface area contributed by atoms with Crippen molar-refractivity contribution in [3.63, 3.8) is 0 Å². The number of amides is 1. The zero-order valence-corrected chi connectivity index (χ0v) is 32.0. The Hall–Kier alpha value is -2.25. The van der Waals surface area contributed by atoms with Gasteiger partial charge in [-0.3, -0.25) is 13.9 Å². The van der Waals surface area contributed by atoms with Gasteiger partial charge in [-0.15, -0.1) is 6.58 Å². The number of fused-ring (bicyclic) bond motifs is 7. The highest BCUT2D eigenvalue weighted by molar-refractivity contribution is 7.85. The Kier molecular flexibility index (Phi) is 10.5. The predicted octanol–water partition coefficient (Wildman–Crippen LogP) is 8.06. The fraction of sp³-hybridized carbons (Fsp3) is 0.714. The van der Waals surface area contributed by atoms with E-state index in [1.54, 1.807) is 6.08 Å². The summed E-state index contributed by atoms with van der Waals surface area (Å²) in [6, 6.07) is 8.06. The Labute approximate surface area is 298 Å². The molecule has 270 valence electrons. The number of esters is 1. The van der Waals surface area contributed by atoms with Crippen LogP contribution >= 0.6 is 0 Å². The molecule has 1 saturated heterocycles. The van der Waals surface area contributed by atoms with Crippen molar-refractivity contribution in [3.8, 4) is 0 Å². The van der Waals surface area contributed by atoms with Crippen molar-refractivity contribution < 1.29 is 18.5 Å². The van der Waals surface area contributed by atoms with Crippen LogP contribution < -0.4 is 5.32 Å². The van der Waals surface area contributed by atoms with Crippen LogP contribution in [0.4, 0.5) is 0 Å². The van der Waals surface area contributed by atoms with E-state index in [1.807, 2.05) is 19.1 Å². The van der Waals surface area contributed by atoms with Gasteiger partial charge < -0.3 is 10.1 Å². The average Bonchev–Trinajstić information content (AvgIpc) is 3.49. The lowest BCUT2D eigenvalue weighted by Crippen LogP contribution is -2.64. The second-order valence-corrected chi connectivity index (χ2v) is 19.1. The molecule has 1 aromatic rings. The Bertz CT molecular complexity index is 1460. The lowest BCUT2D eigenvalue weighted by molar-refractivity contribution is -0.173. The highest BCUT2D eigenvalue weighted by Gasteiger charge is 2.65. The first kappa shape index (κ1) is 36.5. The number of methoxy groups -OCH3 is 1. The van der Waals surface area contributed by atoms with Gasteiger partial charge in [0.05, 0.1) is 19.2 Å². The van der Waals surface area contributed by atoms with E-state index in [9.17, 15) is 13.8 Å². The van der Waals surface area contributed by atoms with Crippen LogP contribution in [0.25, 0.3) is 5.57 Å². The number of ether oxygens (including phenoxy) is 1. The molecule has 1 aliphatic heterocycles. The van der Waals surface area contributed by atoms with Gasteiger partial charge in [-0.25, -0.2) is 4.79 Å². The maximum atomic E-state index is 13.4. The molecule has 6 aliphatic rings. The minimum atomic E-state index is -0.714. The molecule has 0 radical (unpaired) electrons. The lowest BCUT2D eigenvalue weighted by atomic mass is 9.37. The highest BCUT2D eigenvalue weighted by atomic mass is 32.2. The maximum absolute atomic E-state index is 13.4. The van der Waals surface area contributed by atoms with Crippen LogP contribution in [-0.4, -0.2) is 64.8 Å². The zero-order valence-electron chi connectivity index (χ0n) is 31.2. The molecular weight excluding hydrogens is 629 g/mol. The Balaban J connectivity index is 0.00000134. The second kappa shape index (κ2) is 14.1. The number of hydrogen-bond donors (Lipinski definition) is 1. The van der Waals surface area contributed by atoms with Crippen molar-refractivity contribution in [1.82, 2.24) is 10.2 Å². The standard InChI is InChI=1S/C39H56N2O4S.C3H6/c1-36(2)29(26-8-10-27(11-9-26)35(43)45-5)14-18-38(4)32(36)16-19-37(3)30-15-20-39(17-6-7-31(39)28(30)12-13-33(37)38)40-34(42)25-41-21-23-46(44)24-22-41;1-3-2/h8-11,14,28,30-33H,6-7,12-13,15-25H2,1-5H3,(H,40,42);3H,1H2,2H3. The summed E-state index contributed by atoms with van der Waals surface area (Å²) in [7, 11) is 0.724. The summed E-state index contributed by atoms with van der Waals surface area (Å²) in [4.78, 5) is 27.7. The molecule has 6 nitrogen and oxygen atoms in total. The van der Waals surface area contributed by atoms with Crippen molar-refractivity contribution >= 4 is 28.2 Å². The summed E-state index contributed by atoms with van der Waals surface area (Å²) in [5.41, 5.74) is 3.93. The number of hydrogen-bond acceptors (Lipinski definition) is 5. The summed E-state index contributed by atoms with van der Waals surface area (Å²) < 4.78 is 16.8. The van der Waals surface area contributed by atoms with E-state index in [2.05, 4.69) is 62.7 Å². The third-order valence-corrected chi connectivity index (χ3v) is 16.0. The number of nitrogens with one attached hydrogen (secondary N) is 1. The molecule has 7 heteroatoms. The molecule has 4 saturated carbocycles. The van der Waals surface area contributed by atoms with Crippen LogP contribution in [0.5, 0.6) is 0 Å². The second-order valence-electron chi connectivity index (χ2n) is 17.4. The first-order valence-corrected chi connectivity index (χ1v) is 20.7.